The van der Waals surface area contributed by atoms with Gasteiger partial charge in [0.25, 0.3) is 11.8 Å². The summed E-state index contributed by atoms with van der Waals surface area (Å²) < 4.78 is 19.7. The van der Waals surface area contributed by atoms with Crippen LogP contribution in [0.2, 0.25) is 0 Å². The van der Waals surface area contributed by atoms with Crippen molar-refractivity contribution in [3.05, 3.63) is 63.5 Å². The zero-order valence-electron chi connectivity index (χ0n) is 11.3. The minimum atomic E-state index is -0.735. The maximum Gasteiger partial charge on any atom is 0.276 e. The zero-order chi connectivity index (χ0) is 15.9. The molecule has 0 fully saturated rings. The fraction of sp³-hybridized carbons (Fsp3) is 0.0667. The predicted octanol–water partition coefficient (Wildman–Crippen LogP) is 2.27. The first kappa shape index (κ1) is 16.2. The molecule has 2 rings (SSSR count). The van der Waals surface area contributed by atoms with Gasteiger partial charge in [-0.3, -0.25) is 20.4 Å². The normalized spacial score (nSPS) is 9.91. The van der Waals surface area contributed by atoms with Crippen molar-refractivity contribution in [3.8, 4) is 5.75 Å². The van der Waals surface area contributed by atoms with E-state index in [-0.39, 0.29) is 12.2 Å². The van der Waals surface area contributed by atoms with E-state index in [0.29, 0.717) is 5.75 Å². The SMILES string of the molecule is O=C(COc1ccc(I)cc1)NNC(=O)c1ccccc1F. The van der Waals surface area contributed by atoms with Gasteiger partial charge < -0.3 is 4.74 Å². The summed E-state index contributed by atoms with van der Waals surface area (Å²) in [7, 11) is 0. The molecule has 0 heterocycles. The van der Waals surface area contributed by atoms with Crippen LogP contribution in [-0.2, 0) is 4.79 Å². The smallest absolute Gasteiger partial charge is 0.276 e. The number of halogens is 2. The molecule has 0 bridgehead atoms. The van der Waals surface area contributed by atoms with Crippen LogP contribution in [0.5, 0.6) is 5.75 Å². The molecule has 0 unspecified atom stereocenters. The van der Waals surface area contributed by atoms with Crippen LogP contribution in [0, 0.1) is 9.39 Å². The Balaban J connectivity index is 1.79. The molecule has 2 N–H and O–H groups in total. The molecule has 114 valence electrons. The van der Waals surface area contributed by atoms with Crippen molar-refractivity contribution in [2.24, 2.45) is 0 Å². The van der Waals surface area contributed by atoms with Gasteiger partial charge in [0.1, 0.15) is 11.6 Å². The van der Waals surface area contributed by atoms with Crippen LogP contribution in [0.4, 0.5) is 4.39 Å². The lowest BCUT2D eigenvalue weighted by Gasteiger charge is -2.09. The molecule has 2 aromatic carbocycles. The van der Waals surface area contributed by atoms with Gasteiger partial charge in [-0.2, -0.15) is 0 Å². The number of hydrogen-bond acceptors (Lipinski definition) is 3. The van der Waals surface area contributed by atoms with Crippen LogP contribution in [0.25, 0.3) is 0 Å². The number of hydrogen-bond donors (Lipinski definition) is 2. The van der Waals surface area contributed by atoms with Gasteiger partial charge in [-0.1, -0.05) is 12.1 Å². The first-order valence-electron chi connectivity index (χ1n) is 6.28. The quantitative estimate of drug-likeness (QED) is 0.596. The minimum absolute atomic E-state index is 0.152. The largest absolute Gasteiger partial charge is 0.484 e. The van der Waals surface area contributed by atoms with E-state index in [1.807, 2.05) is 12.1 Å². The minimum Gasteiger partial charge on any atom is -0.484 e. The molecule has 0 aromatic heterocycles. The average molecular weight is 414 g/mol. The van der Waals surface area contributed by atoms with Gasteiger partial charge in [-0.05, 0) is 59.0 Å². The average Bonchev–Trinajstić information content (AvgIpc) is 2.52. The lowest BCUT2D eigenvalue weighted by Crippen LogP contribution is -2.44. The number of hydrazine groups is 1. The van der Waals surface area contributed by atoms with E-state index in [1.165, 1.54) is 18.2 Å². The van der Waals surface area contributed by atoms with Crippen molar-refractivity contribution in [1.82, 2.24) is 10.9 Å². The van der Waals surface area contributed by atoms with Crippen LogP contribution in [0.3, 0.4) is 0 Å². The van der Waals surface area contributed by atoms with E-state index in [0.717, 1.165) is 9.64 Å². The van der Waals surface area contributed by atoms with Gasteiger partial charge in [0, 0.05) is 3.57 Å². The fourth-order valence-corrected chi connectivity index (χ4v) is 1.91. The second kappa shape index (κ2) is 7.74. The summed E-state index contributed by atoms with van der Waals surface area (Å²) in [5.74, 6) is -1.41. The highest BCUT2D eigenvalue weighted by molar-refractivity contribution is 14.1. The number of ether oxygens (including phenoxy) is 1. The molecule has 2 aromatic rings. The highest BCUT2D eigenvalue weighted by Crippen LogP contribution is 2.13. The third-order valence-corrected chi connectivity index (χ3v) is 3.34. The Morgan fingerprint density at radius 3 is 2.41 bits per heavy atom. The molecule has 0 aliphatic heterocycles. The van der Waals surface area contributed by atoms with Crippen molar-refractivity contribution in [2.45, 2.75) is 0 Å². The molecule has 0 saturated carbocycles. The Bertz CT molecular complexity index is 677. The van der Waals surface area contributed by atoms with Crippen molar-refractivity contribution >= 4 is 34.4 Å². The molecule has 0 aliphatic rings. The van der Waals surface area contributed by atoms with Crippen LogP contribution in [0.1, 0.15) is 10.4 Å². The Morgan fingerprint density at radius 1 is 1.05 bits per heavy atom. The summed E-state index contributed by atoms with van der Waals surface area (Å²) in [6, 6.07) is 12.6. The molecular weight excluding hydrogens is 402 g/mol. The van der Waals surface area contributed by atoms with Gasteiger partial charge in [0.2, 0.25) is 0 Å². The summed E-state index contributed by atoms with van der Waals surface area (Å²) in [6.45, 7) is -0.266. The molecule has 0 saturated heterocycles. The molecule has 22 heavy (non-hydrogen) atoms. The first-order chi connectivity index (χ1) is 10.6. The van der Waals surface area contributed by atoms with Crippen molar-refractivity contribution < 1.29 is 18.7 Å². The third kappa shape index (κ3) is 4.69. The van der Waals surface area contributed by atoms with E-state index < -0.39 is 17.6 Å². The zero-order valence-corrected chi connectivity index (χ0v) is 13.5. The Morgan fingerprint density at radius 2 is 1.73 bits per heavy atom. The second-order valence-corrected chi connectivity index (χ2v) is 5.47. The van der Waals surface area contributed by atoms with Crippen molar-refractivity contribution in [2.75, 3.05) is 6.61 Å². The van der Waals surface area contributed by atoms with Crippen molar-refractivity contribution in [1.29, 1.82) is 0 Å². The van der Waals surface area contributed by atoms with E-state index in [1.54, 1.807) is 12.1 Å². The molecule has 7 heteroatoms. The topological polar surface area (TPSA) is 67.4 Å². The summed E-state index contributed by atoms with van der Waals surface area (Å²) >= 11 is 2.15. The summed E-state index contributed by atoms with van der Waals surface area (Å²) in [5.41, 5.74) is 4.13. The van der Waals surface area contributed by atoms with Crippen LogP contribution < -0.4 is 15.6 Å². The Hall–Kier alpha value is -2.16. The van der Waals surface area contributed by atoms with E-state index in [4.69, 9.17) is 4.74 Å². The maximum absolute atomic E-state index is 13.4. The summed E-state index contributed by atoms with van der Waals surface area (Å²) in [5, 5.41) is 0. The van der Waals surface area contributed by atoms with Gasteiger partial charge in [-0.15, -0.1) is 0 Å². The lowest BCUT2D eigenvalue weighted by atomic mass is 10.2. The number of nitrogens with one attached hydrogen (secondary N) is 2. The molecule has 2 amide bonds. The van der Waals surface area contributed by atoms with Crippen LogP contribution >= 0.6 is 22.6 Å². The highest BCUT2D eigenvalue weighted by Gasteiger charge is 2.11. The van der Waals surface area contributed by atoms with Crippen molar-refractivity contribution in [3.63, 3.8) is 0 Å². The standard InChI is InChI=1S/C15H12FIN2O3/c16-13-4-2-1-3-12(13)15(21)19-18-14(20)9-22-11-7-5-10(17)6-8-11/h1-8H,9H2,(H,18,20)(H,19,21). The predicted molar refractivity (Wildman–Crippen MR) is 86.7 cm³/mol. The number of carbonyl (C=O) groups is 2. The monoisotopic (exact) mass is 414 g/mol. The molecule has 5 nitrogen and oxygen atoms in total. The molecule has 0 spiro atoms. The van der Waals surface area contributed by atoms with Crippen LogP contribution in [0.15, 0.2) is 48.5 Å². The summed E-state index contributed by atoms with van der Waals surface area (Å²) in [6.07, 6.45) is 0. The van der Waals surface area contributed by atoms with Crippen LogP contribution in [-0.4, -0.2) is 18.4 Å². The first-order valence-corrected chi connectivity index (χ1v) is 7.36. The molecule has 0 atom stereocenters. The molecular formula is C15H12FIN2O3. The number of benzene rings is 2. The van der Waals surface area contributed by atoms with Gasteiger partial charge in [-0.25, -0.2) is 4.39 Å². The number of rotatable bonds is 4. The van der Waals surface area contributed by atoms with E-state index in [9.17, 15) is 14.0 Å². The van der Waals surface area contributed by atoms with Gasteiger partial charge >= 0.3 is 0 Å². The number of amides is 2. The Kier molecular flexibility index (Phi) is 5.70. The molecule has 0 radical (unpaired) electrons. The second-order valence-electron chi connectivity index (χ2n) is 4.22. The van der Waals surface area contributed by atoms with Gasteiger partial charge in [0.05, 0.1) is 5.56 Å². The number of carbonyl (C=O) groups excluding carboxylic acids is 2. The Labute approximate surface area is 140 Å². The third-order valence-electron chi connectivity index (χ3n) is 2.62. The summed E-state index contributed by atoms with van der Waals surface area (Å²) in [4.78, 5) is 23.2. The van der Waals surface area contributed by atoms with E-state index in [2.05, 4.69) is 33.4 Å². The molecule has 0 aliphatic carbocycles. The lowest BCUT2D eigenvalue weighted by molar-refractivity contribution is -0.123. The highest BCUT2D eigenvalue weighted by atomic mass is 127. The van der Waals surface area contributed by atoms with Gasteiger partial charge in [0.15, 0.2) is 6.61 Å². The van der Waals surface area contributed by atoms with E-state index >= 15 is 0 Å². The fourth-order valence-electron chi connectivity index (χ4n) is 1.55. The maximum atomic E-state index is 13.4.